The Kier molecular flexibility index (Phi) is 8.97. The Balaban J connectivity index is 1.44. The number of fused-ring (bicyclic) bond motifs is 1. The fourth-order valence-corrected chi connectivity index (χ4v) is 6.44. The van der Waals surface area contributed by atoms with Gasteiger partial charge in [0.05, 0.1) is 25.7 Å². The minimum Gasteiger partial charge on any atom is -0.493 e. The van der Waals surface area contributed by atoms with Gasteiger partial charge in [-0.05, 0) is 111 Å². The van der Waals surface area contributed by atoms with Gasteiger partial charge in [-0.3, -0.25) is 9.59 Å². The average Bonchev–Trinajstić information content (AvgIpc) is 2.97. The van der Waals surface area contributed by atoms with Gasteiger partial charge in [0, 0.05) is 35.9 Å². The first-order valence-corrected chi connectivity index (χ1v) is 15.1. The molecule has 0 spiro atoms. The molecule has 222 valence electrons. The van der Waals surface area contributed by atoms with Crippen LogP contribution in [0, 0.1) is 11.8 Å². The van der Waals surface area contributed by atoms with Crippen LogP contribution >= 0.6 is 11.6 Å². The maximum atomic E-state index is 13.8. The summed E-state index contributed by atoms with van der Waals surface area (Å²) >= 11 is 6.25. The molecule has 2 amide bonds. The molecular formula is C34H40ClN3O4. The smallest absolute Gasteiger partial charge is 0.232 e. The van der Waals surface area contributed by atoms with E-state index in [1.54, 1.807) is 7.11 Å². The predicted molar refractivity (Wildman–Crippen MR) is 168 cm³/mol. The number of nitrogens with zero attached hydrogens (tertiary/aromatic N) is 2. The average molecular weight is 590 g/mol. The summed E-state index contributed by atoms with van der Waals surface area (Å²) in [5.41, 5.74) is 10.3. The highest BCUT2D eigenvalue weighted by molar-refractivity contribution is 6.30. The number of rotatable bonds is 9. The second-order valence-electron chi connectivity index (χ2n) is 11.8. The molecule has 1 fully saturated rings. The van der Waals surface area contributed by atoms with Crippen molar-refractivity contribution in [3.63, 3.8) is 0 Å². The molecule has 2 aliphatic rings. The van der Waals surface area contributed by atoms with E-state index in [0.29, 0.717) is 22.4 Å². The van der Waals surface area contributed by atoms with Crippen molar-refractivity contribution < 1.29 is 19.1 Å². The highest BCUT2D eigenvalue weighted by atomic mass is 35.5. The van der Waals surface area contributed by atoms with Crippen molar-refractivity contribution in [3.8, 4) is 11.5 Å². The number of carbonyl (C=O) groups excluding carboxylic acids is 2. The van der Waals surface area contributed by atoms with Crippen molar-refractivity contribution >= 4 is 34.8 Å². The summed E-state index contributed by atoms with van der Waals surface area (Å²) in [6, 6.07) is 19.5. The molecule has 1 atom stereocenters. The van der Waals surface area contributed by atoms with E-state index in [1.165, 1.54) is 0 Å². The number of ether oxygens (including phenoxy) is 2. The summed E-state index contributed by atoms with van der Waals surface area (Å²) in [5.74, 6) is 1.65. The summed E-state index contributed by atoms with van der Waals surface area (Å²) in [4.78, 5) is 29.5. The Hall–Kier alpha value is -3.71. The predicted octanol–water partition coefficient (Wildman–Crippen LogP) is 6.54. The van der Waals surface area contributed by atoms with Crippen molar-refractivity contribution in [2.24, 2.45) is 17.6 Å². The fourth-order valence-electron chi connectivity index (χ4n) is 6.32. The Morgan fingerprint density at radius 1 is 1.02 bits per heavy atom. The van der Waals surface area contributed by atoms with Crippen LogP contribution < -0.4 is 25.0 Å². The van der Waals surface area contributed by atoms with Crippen LogP contribution in [0.25, 0.3) is 0 Å². The Morgan fingerprint density at radius 3 is 2.29 bits per heavy atom. The molecule has 3 aromatic rings. The van der Waals surface area contributed by atoms with Gasteiger partial charge in [0.1, 0.15) is 0 Å². The lowest BCUT2D eigenvalue weighted by atomic mass is 9.81. The van der Waals surface area contributed by atoms with E-state index < -0.39 is 0 Å². The van der Waals surface area contributed by atoms with Crippen molar-refractivity contribution in [3.05, 3.63) is 82.4 Å². The van der Waals surface area contributed by atoms with E-state index in [2.05, 4.69) is 24.1 Å². The van der Waals surface area contributed by atoms with E-state index in [0.717, 1.165) is 60.3 Å². The van der Waals surface area contributed by atoms with Gasteiger partial charge in [-0.15, -0.1) is 0 Å². The number of methoxy groups -OCH3 is 1. The van der Waals surface area contributed by atoms with Gasteiger partial charge in [-0.25, -0.2) is 0 Å². The standard InChI is InChI=1S/C34H40ClN3O4/c1-21(2)42-31-19-29-25(17-30(31)41-4)18-32(39)38(33(29)23-9-11-26(35)12-10-23)28-15-13-27(14-16-28)37(3)20-22-5-7-24(8-6-22)34(36)40/h9-17,19,21-22,24,33H,5-8,18,20H2,1-4H3,(H2,36,40). The first kappa shape index (κ1) is 29.8. The van der Waals surface area contributed by atoms with Gasteiger partial charge >= 0.3 is 0 Å². The van der Waals surface area contributed by atoms with Crippen LogP contribution in [-0.2, 0) is 16.0 Å². The summed E-state index contributed by atoms with van der Waals surface area (Å²) in [6.45, 7) is 4.88. The highest BCUT2D eigenvalue weighted by Gasteiger charge is 2.36. The molecule has 0 radical (unpaired) electrons. The first-order chi connectivity index (χ1) is 20.1. The SMILES string of the molecule is COc1cc2c(cc1OC(C)C)C(c1ccc(Cl)cc1)N(c1ccc(N(C)CC3CCC(C(N)=O)CC3)cc1)C(=O)C2. The fraction of sp³-hybridized carbons (Fsp3) is 0.412. The second-order valence-corrected chi connectivity index (χ2v) is 12.2. The van der Waals surface area contributed by atoms with Gasteiger partial charge < -0.3 is 25.0 Å². The lowest BCUT2D eigenvalue weighted by Crippen LogP contribution is -2.41. The molecule has 1 saturated carbocycles. The lowest BCUT2D eigenvalue weighted by Gasteiger charge is -2.38. The monoisotopic (exact) mass is 589 g/mol. The maximum Gasteiger partial charge on any atom is 0.232 e. The number of nitrogens with two attached hydrogens (primary N) is 1. The van der Waals surface area contributed by atoms with Crippen LogP contribution in [0.15, 0.2) is 60.7 Å². The van der Waals surface area contributed by atoms with E-state index in [1.807, 2.05) is 67.3 Å². The van der Waals surface area contributed by atoms with Crippen LogP contribution in [0.3, 0.4) is 0 Å². The van der Waals surface area contributed by atoms with Crippen LogP contribution in [0.2, 0.25) is 5.02 Å². The lowest BCUT2D eigenvalue weighted by molar-refractivity contribution is -0.123. The van der Waals surface area contributed by atoms with Crippen molar-refractivity contribution in [1.29, 1.82) is 0 Å². The molecule has 42 heavy (non-hydrogen) atoms. The zero-order valence-electron chi connectivity index (χ0n) is 24.8. The molecule has 7 nitrogen and oxygen atoms in total. The number of amides is 2. The molecule has 0 saturated heterocycles. The molecule has 8 heteroatoms. The van der Waals surface area contributed by atoms with Gasteiger partial charge in [0.2, 0.25) is 11.8 Å². The number of anilines is 2. The number of hydrogen-bond donors (Lipinski definition) is 1. The van der Waals surface area contributed by atoms with Crippen molar-refractivity contribution in [1.82, 2.24) is 0 Å². The summed E-state index contributed by atoms with van der Waals surface area (Å²) in [5, 5.41) is 0.640. The summed E-state index contributed by atoms with van der Waals surface area (Å²) in [7, 11) is 3.71. The zero-order chi connectivity index (χ0) is 30.0. The molecule has 2 N–H and O–H groups in total. The minimum atomic E-state index is -0.358. The second kappa shape index (κ2) is 12.7. The van der Waals surface area contributed by atoms with E-state index in [-0.39, 0.29) is 36.3 Å². The van der Waals surface area contributed by atoms with Crippen LogP contribution in [0.5, 0.6) is 11.5 Å². The Morgan fingerprint density at radius 2 is 1.69 bits per heavy atom. The van der Waals surface area contributed by atoms with Crippen LogP contribution in [0.1, 0.15) is 62.3 Å². The zero-order valence-corrected chi connectivity index (χ0v) is 25.6. The third-order valence-corrected chi connectivity index (χ3v) is 8.74. The normalized spacial score (nSPS) is 20.3. The molecule has 1 unspecified atom stereocenters. The van der Waals surface area contributed by atoms with Crippen molar-refractivity contribution in [2.75, 3.05) is 30.5 Å². The van der Waals surface area contributed by atoms with Gasteiger partial charge in [-0.2, -0.15) is 0 Å². The molecule has 1 aliphatic carbocycles. The number of halogens is 1. The third-order valence-electron chi connectivity index (χ3n) is 8.49. The van der Waals surface area contributed by atoms with Crippen molar-refractivity contribution in [2.45, 2.75) is 58.1 Å². The minimum absolute atomic E-state index is 0.00865. The number of hydrogen-bond acceptors (Lipinski definition) is 5. The Labute approximate surface area is 253 Å². The molecule has 0 aromatic heterocycles. The van der Waals surface area contributed by atoms with Gasteiger partial charge in [-0.1, -0.05) is 23.7 Å². The number of primary amides is 1. The van der Waals surface area contributed by atoms with Gasteiger partial charge in [0.15, 0.2) is 11.5 Å². The number of carbonyl (C=O) groups is 2. The quantitative estimate of drug-likeness (QED) is 0.306. The molecular weight excluding hydrogens is 550 g/mol. The molecule has 3 aromatic carbocycles. The third kappa shape index (κ3) is 6.36. The molecule has 5 rings (SSSR count). The maximum absolute atomic E-state index is 13.8. The summed E-state index contributed by atoms with van der Waals surface area (Å²) in [6.07, 6.45) is 3.98. The van der Waals surface area contributed by atoms with E-state index in [9.17, 15) is 9.59 Å². The largest absolute Gasteiger partial charge is 0.493 e. The molecule has 1 aliphatic heterocycles. The van der Waals surface area contributed by atoms with E-state index >= 15 is 0 Å². The summed E-state index contributed by atoms with van der Waals surface area (Å²) < 4.78 is 11.7. The Bertz CT molecular complexity index is 1420. The number of benzene rings is 3. The molecule has 0 bridgehead atoms. The first-order valence-electron chi connectivity index (χ1n) is 14.7. The van der Waals surface area contributed by atoms with Crippen LogP contribution in [0.4, 0.5) is 11.4 Å². The topological polar surface area (TPSA) is 85.1 Å². The van der Waals surface area contributed by atoms with E-state index in [4.69, 9.17) is 26.8 Å². The highest BCUT2D eigenvalue weighted by Crippen LogP contribution is 2.44. The van der Waals surface area contributed by atoms with Gasteiger partial charge in [0.25, 0.3) is 0 Å². The van der Waals surface area contributed by atoms with Crippen LogP contribution in [-0.4, -0.2) is 38.6 Å². The molecule has 1 heterocycles.